The molecule has 146 valence electrons. The fourth-order valence-corrected chi connectivity index (χ4v) is 3.09. The number of ether oxygens (including phenoxy) is 1. The van der Waals surface area contributed by atoms with Crippen LogP contribution in [0.1, 0.15) is 35.6 Å². The summed E-state index contributed by atoms with van der Waals surface area (Å²) in [4.78, 5) is 0. The third-order valence-corrected chi connectivity index (χ3v) is 4.46. The molecule has 27 heavy (non-hydrogen) atoms. The fourth-order valence-electron chi connectivity index (χ4n) is 3.09. The second kappa shape index (κ2) is 7.42. The summed E-state index contributed by atoms with van der Waals surface area (Å²) in [6.45, 7) is 0.551. The summed E-state index contributed by atoms with van der Waals surface area (Å²) in [6.07, 6.45) is -8.14. The Morgan fingerprint density at radius 2 is 1.52 bits per heavy atom. The van der Waals surface area contributed by atoms with E-state index >= 15 is 0 Å². The molecule has 1 N–H and O–H groups in total. The van der Waals surface area contributed by atoms with Crippen LogP contribution in [-0.4, -0.2) is 12.6 Å². The van der Waals surface area contributed by atoms with Crippen LogP contribution >= 0.6 is 0 Å². The summed E-state index contributed by atoms with van der Waals surface area (Å²) in [6, 6.07) is 9.31. The number of halogens is 6. The Morgan fingerprint density at radius 3 is 2.15 bits per heavy atom. The van der Waals surface area contributed by atoms with Gasteiger partial charge in [-0.05, 0) is 48.9 Å². The molecule has 2 unspecified atom stereocenters. The van der Waals surface area contributed by atoms with Crippen molar-refractivity contribution >= 4 is 0 Å². The third-order valence-electron chi connectivity index (χ3n) is 4.46. The Hall–Kier alpha value is -2.22. The minimum Gasteiger partial charge on any atom is -0.490 e. The van der Waals surface area contributed by atoms with Crippen molar-refractivity contribution in [1.82, 2.24) is 5.32 Å². The van der Waals surface area contributed by atoms with Gasteiger partial charge in [-0.25, -0.2) is 0 Å². The van der Waals surface area contributed by atoms with E-state index in [1.165, 1.54) is 24.3 Å². The normalized spacial score (nSPS) is 21.1. The number of alkyl halides is 6. The van der Waals surface area contributed by atoms with Crippen molar-refractivity contribution in [2.24, 2.45) is 0 Å². The maximum Gasteiger partial charge on any atom is 0.416 e. The van der Waals surface area contributed by atoms with Gasteiger partial charge >= 0.3 is 12.4 Å². The van der Waals surface area contributed by atoms with Crippen LogP contribution in [0.5, 0.6) is 5.75 Å². The van der Waals surface area contributed by atoms with Crippen molar-refractivity contribution in [1.29, 1.82) is 0 Å². The number of nitrogens with one attached hydrogen (secondary N) is 1. The largest absolute Gasteiger partial charge is 0.490 e. The lowest BCUT2D eigenvalue weighted by Gasteiger charge is -2.31. The van der Waals surface area contributed by atoms with Gasteiger partial charge in [0.1, 0.15) is 11.9 Å². The van der Waals surface area contributed by atoms with Crippen LogP contribution in [0.3, 0.4) is 0 Å². The topological polar surface area (TPSA) is 21.3 Å². The minimum absolute atomic E-state index is 0.128. The summed E-state index contributed by atoms with van der Waals surface area (Å²) in [5, 5.41) is 3.20. The molecule has 1 heterocycles. The van der Waals surface area contributed by atoms with Gasteiger partial charge in [0, 0.05) is 12.5 Å². The van der Waals surface area contributed by atoms with Gasteiger partial charge in [-0.1, -0.05) is 18.2 Å². The Kier molecular flexibility index (Phi) is 5.37. The molecule has 0 spiro atoms. The maximum atomic E-state index is 12.8. The first-order valence-corrected chi connectivity index (χ1v) is 8.37. The van der Waals surface area contributed by atoms with E-state index < -0.39 is 23.5 Å². The van der Waals surface area contributed by atoms with Gasteiger partial charge < -0.3 is 10.1 Å². The number of hydrogen-bond acceptors (Lipinski definition) is 2. The van der Waals surface area contributed by atoms with Crippen LogP contribution in [0.25, 0.3) is 0 Å². The molecule has 0 radical (unpaired) electrons. The molecule has 0 bridgehead atoms. The van der Waals surface area contributed by atoms with Gasteiger partial charge in [0.25, 0.3) is 0 Å². The van der Waals surface area contributed by atoms with Crippen LogP contribution in [-0.2, 0) is 12.4 Å². The van der Waals surface area contributed by atoms with Crippen LogP contribution < -0.4 is 10.1 Å². The van der Waals surface area contributed by atoms with Crippen molar-refractivity contribution in [2.75, 3.05) is 6.54 Å². The molecular weight excluding hydrogens is 372 g/mol. The molecule has 8 heteroatoms. The highest BCUT2D eigenvalue weighted by Gasteiger charge is 2.32. The standard InChI is InChI=1S/C19H17F6NO/c20-18(21,22)13-6-4-12(5-7-13)17-11-16(8-9-26-17)27-15-3-1-2-14(10-15)19(23,24)25/h1-7,10,16-17,26H,8-9,11H2. The fraction of sp³-hybridized carbons (Fsp3) is 0.368. The van der Waals surface area contributed by atoms with E-state index in [0.29, 0.717) is 24.9 Å². The van der Waals surface area contributed by atoms with Gasteiger partial charge in [0.15, 0.2) is 0 Å². The van der Waals surface area contributed by atoms with Crippen LogP contribution in [0, 0.1) is 0 Å². The molecule has 1 aliphatic heterocycles. The van der Waals surface area contributed by atoms with E-state index in [2.05, 4.69) is 5.32 Å². The molecule has 1 fully saturated rings. The molecule has 0 aliphatic carbocycles. The predicted octanol–water partition coefficient (Wildman–Crippen LogP) is 5.60. The Morgan fingerprint density at radius 1 is 0.852 bits per heavy atom. The van der Waals surface area contributed by atoms with Crippen molar-refractivity contribution in [3.8, 4) is 5.75 Å². The van der Waals surface area contributed by atoms with Crippen LogP contribution in [0.15, 0.2) is 48.5 Å². The van der Waals surface area contributed by atoms with Crippen molar-refractivity contribution in [3.63, 3.8) is 0 Å². The summed E-state index contributed by atoms with van der Waals surface area (Å²) in [5.74, 6) is 0.128. The highest BCUT2D eigenvalue weighted by Crippen LogP contribution is 2.34. The van der Waals surface area contributed by atoms with E-state index in [1.54, 1.807) is 0 Å². The lowest BCUT2D eigenvalue weighted by atomic mass is 9.94. The van der Waals surface area contributed by atoms with Crippen molar-refractivity contribution in [3.05, 3.63) is 65.2 Å². The quantitative estimate of drug-likeness (QED) is 0.691. The molecule has 0 saturated carbocycles. The average Bonchev–Trinajstić information content (AvgIpc) is 2.61. The minimum atomic E-state index is -4.45. The van der Waals surface area contributed by atoms with E-state index in [0.717, 1.165) is 24.3 Å². The lowest BCUT2D eigenvalue weighted by Crippen LogP contribution is -2.37. The highest BCUT2D eigenvalue weighted by molar-refractivity contribution is 5.31. The highest BCUT2D eigenvalue weighted by atomic mass is 19.4. The first-order chi connectivity index (χ1) is 12.6. The zero-order valence-electron chi connectivity index (χ0n) is 14.1. The summed E-state index contributed by atoms with van der Waals surface area (Å²) in [7, 11) is 0. The molecule has 2 aromatic carbocycles. The SMILES string of the molecule is FC(F)(F)c1ccc(C2CC(Oc3cccc(C(F)(F)F)c3)CCN2)cc1. The predicted molar refractivity (Wildman–Crippen MR) is 87.3 cm³/mol. The Bertz CT molecular complexity index is 769. The molecule has 2 aromatic rings. The molecule has 3 rings (SSSR count). The van der Waals surface area contributed by atoms with Gasteiger partial charge in [-0.3, -0.25) is 0 Å². The number of hydrogen-bond donors (Lipinski definition) is 1. The van der Waals surface area contributed by atoms with E-state index in [9.17, 15) is 26.3 Å². The summed E-state index contributed by atoms with van der Waals surface area (Å²) in [5.41, 5.74) is -0.826. The second-order valence-corrected chi connectivity index (χ2v) is 6.42. The first-order valence-electron chi connectivity index (χ1n) is 8.37. The molecule has 0 amide bonds. The third kappa shape index (κ3) is 4.94. The summed E-state index contributed by atoms with van der Waals surface area (Å²) < 4.78 is 82.1. The molecule has 1 aliphatic rings. The number of rotatable bonds is 3. The molecule has 2 atom stereocenters. The Balaban J connectivity index is 1.68. The average molecular weight is 389 g/mol. The first kappa shape index (κ1) is 19.5. The van der Waals surface area contributed by atoms with Crippen molar-refractivity contribution in [2.45, 2.75) is 37.3 Å². The Labute approximate surface area is 152 Å². The monoisotopic (exact) mass is 389 g/mol. The molecule has 2 nitrogen and oxygen atoms in total. The second-order valence-electron chi connectivity index (χ2n) is 6.42. The zero-order chi connectivity index (χ0) is 19.7. The van der Waals surface area contributed by atoms with Crippen LogP contribution in [0.2, 0.25) is 0 Å². The smallest absolute Gasteiger partial charge is 0.416 e. The van der Waals surface area contributed by atoms with Gasteiger partial charge in [-0.2, -0.15) is 26.3 Å². The van der Waals surface area contributed by atoms with Crippen molar-refractivity contribution < 1.29 is 31.1 Å². The van der Waals surface area contributed by atoms with E-state index in [1.807, 2.05) is 0 Å². The van der Waals surface area contributed by atoms with E-state index in [4.69, 9.17) is 4.74 Å². The number of piperidine rings is 1. The lowest BCUT2D eigenvalue weighted by molar-refractivity contribution is -0.138. The zero-order valence-corrected chi connectivity index (χ0v) is 14.1. The van der Waals surface area contributed by atoms with Gasteiger partial charge in [-0.15, -0.1) is 0 Å². The van der Waals surface area contributed by atoms with Crippen LogP contribution in [0.4, 0.5) is 26.3 Å². The van der Waals surface area contributed by atoms with Gasteiger partial charge in [0.05, 0.1) is 11.1 Å². The molecule has 1 saturated heterocycles. The maximum absolute atomic E-state index is 12.8. The molecule has 0 aromatic heterocycles. The molecular formula is C19H17F6NO. The van der Waals surface area contributed by atoms with Gasteiger partial charge in [0.2, 0.25) is 0 Å². The van der Waals surface area contributed by atoms with E-state index in [-0.39, 0.29) is 17.9 Å². The summed E-state index contributed by atoms with van der Waals surface area (Å²) >= 11 is 0. The number of benzene rings is 2.